The molecule has 1 aliphatic heterocycles. The summed E-state index contributed by atoms with van der Waals surface area (Å²) in [7, 11) is 0. The number of fused-ring (bicyclic) bond motifs is 1. The van der Waals surface area contributed by atoms with E-state index < -0.39 is 29.4 Å². The minimum Gasteiger partial charge on any atom is -0.481 e. The molecule has 214 valence electrons. The molecule has 0 radical (unpaired) electrons. The minimum absolute atomic E-state index is 0.119. The molecular weight excluding hydrogens is 559 g/mol. The predicted molar refractivity (Wildman–Crippen MR) is 156 cm³/mol. The molecule has 0 spiro atoms. The third-order valence-electron chi connectivity index (χ3n) is 6.42. The number of hydrogen-bond acceptors (Lipinski definition) is 8. The maximum absolute atomic E-state index is 14.0. The Bertz CT molecular complexity index is 1830. The number of hydrogen-bond donors (Lipinski definition) is 0. The van der Waals surface area contributed by atoms with E-state index in [9.17, 15) is 18.8 Å². The SMILES string of the molecule is CCOC(=O)COc1ccccc1C=c1sc2n(c1=O)C(c1ccc(F)cc1)C(C(=O)OCC)=C(c1ccccc1)N=2. The van der Waals surface area contributed by atoms with Crippen LogP contribution in [0.2, 0.25) is 0 Å². The van der Waals surface area contributed by atoms with E-state index in [4.69, 9.17) is 19.2 Å². The Kier molecular flexibility index (Phi) is 8.73. The van der Waals surface area contributed by atoms with Crippen molar-refractivity contribution in [2.24, 2.45) is 4.99 Å². The van der Waals surface area contributed by atoms with Gasteiger partial charge in [-0.25, -0.2) is 19.0 Å². The van der Waals surface area contributed by atoms with Crippen LogP contribution in [0.1, 0.15) is 36.6 Å². The van der Waals surface area contributed by atoms with E-state index in [0.717, 1.165) is 11.3 Å². The van der Waals surface area contributed by atoms with Gasteiger partial charge in [0.2, 0.25) is 0 Å². The topological polar surface area (TPSA) is 96.2 Å². The van der Waals surface area contributed by atoms with Crippen LogP contribution in [0, 0.1) is 5.82 Å². The Morgan fingerprint density at radius 1 is 0.952 bits per heavy atom. The van der Waals surface area contributed by atoms with Gasteiger partial charge in [0.1, 0.15) is 11.6 Å². The van der Waals surface area contributed by atoms with Gasteiger partial charge in [-0.05, 0) is 43.7 Å². The van der Waals surface area contributed by atoms with Gasteiger partial charge in [0, 0.05) is 11.1 Å². The van der Waals surface area contributed by atoms with Crippen LogP contribution in [0.25, 0.3) is 11.8 Å². The van der Waals surface area contributed by atoms with Crippen LogP contribution in [0.15, 0.2) is 94.2 Å². The zero-order valence-corrected chi connectivity index (χ0v) is 23.7. The van der Waals surface area contributed by atoms with Crippen molar-refractivity contribution in [1.29, 1.82) is 0 Å². The first-order valence-corrected chi connectivity index (χ1v) is 14.1. The molecule has 1 unspecified atom stereocenters. The standard InChI is InChI=1S/C32H27FN2O6S/c1-3-39-26(36)19-41-24-13-9-8-12-22(24)18-25-30(37)35-29(21-14-16-23(33)17-15-21)27(31(38)40-4-2)28(34-32(35)42-25)20-10-6-5-7-11-20/h5-18,29H,3-4,19H2,1-2H3. The van der Waals surface area contributed by atoms with Crippen molar-refractivity contribution in [2.45, 2.75) is 19.9 Å². The van der Waals surface area contributed by atoms with Gasteiger partial charge in [0.15, 0.2) is 11.4 Å². The molecule has 0 saturated heterocycles. The molecule has 5 rings (SSSR count). The molecular formula is C32H27FN2O6S. The summed E-state index contributed by atoms with van der Waals surface area (Å²) >= 11 is 1.15. The van der Waals surface area contributed by atoms with E-state index in [1.807, 2.05) is 30.3 Å². The summed E-state index contributed by atoms with van der Waals surface area (Å²) in [6, 6.07) is 20.9. The Labute approximate surface area is 244 Å². The molecule has 0 fully saturated rings. The van der Waals surface area contributed by atoms with Crippen molar-refractivity contribution in [2.75, 3.05) is 19.8 Å². The van der Waals surface area contributed by atoms with Crippen molar-refractivity contribution in [3.8, 4) is 5.75 Å². The second-order valence-corrected chi connectivity index (χ2v) is 10.1. The highest BCUT2D eigenvalue weighted by molar-refractivity contribution is 7.07. The molecule has 1 aliphatic rings. The minimum atomic E-state index is -0.923. The molecule has 8 nitrogen and oxygen atoms in total. The summed E-state index contributed by atoms with van der Waals surface area (Å²) in [5.41, 5.74) is 1.90. The number of para-hydroxylation sites is 1. The van der Waals surface area contributed by atoms with Crippen molar-refractivity contribution in [3.05, 3.63) is 127 Å². The summed E-state index contributed by atoms with van der Waals surface area (Å²) in [6.45, 7) is 3.48. The van der Waals surface area contributed by atoms with E-state index >= 15 is 0 Å². The largest absolute Gasteiger partial charge is 0.481 e. The lowest BCUT2D eigenvalue weighted by Crippen LogP contribution is -2.40. The Morgan fingerprint density at radius 3 is 2.36 bits per heavy atom. The number of esters is 2. The van der Waals surface area contributed by atoms with Crippen LogP contribution in [-0.2, 0) is 19.1 Å². The highest BCUT2D eigenvalue weighted by atomic mass is 32.1. The third kappa shape index (κ3) is 5.94. The number of nitrogens with zero attached hydrogens (tertiary/aromatic N) is 2. The smallest absolute Gasteiger partial charge is 0.344 e. The predicted octanol–water partition coefficient (Wildman–Crippen LogP) is 4.02. The second-order valence-electron chi connectivity index (χ2n) is 9.11. The highest BCUT2D eigenvalue weighted by Crippen LogP contribution is 2.35. The lowest BCUT2D eigenvalue weighted by atomic mass is 9.93. The second kappa shape index (κ2) is 12.8. The molecule has 1 atom stereocenters. The Morgan fingerprint density at radius 2 is 1.64 bits per heavy atom. The molecule has 0 amide bonds. The zero-order valence-electron chi connectivity index (χ0n) is 22.9. The molecule has 0 N–H and O–H groups in total. The number of ether oxygens (including phenoxy) is 3. The van der Waals surface area contributed by atoms with Crippen molar-refractivity contribution in [3.63, 3.8) is 0 Å². The van der Waals surface area contributed by atoms with Gasteiger partial charge >= 0.3 is 11.9 Å². The maximum Gasteiger partial charge on any atom is 0.344 e. The summed E-state index contributed by atoms with van der Waals surface area (Å²) in [5.74, 6) is -1.19. The van der Waals surface area contributed by atoms with E-state index in [1.165, 1.54) is 16.7 Å². The number of benzene rings is 3. The molecule has 1 aromatic heterocycles. The molecule has 2 heterocycles. The summed E-state index contributed by atoms with van der Waals surface area (Å²) in [6.07, 6.45) is 1.66. The first-order valence-electron chi connectivity index (χ1n) is 13.3. The van der Waals surface area contributed by atoms with Gasteiger partial charge < -0.3 is 14.2 Å². The fraction of sp³-hybridized carbons (Fsp3) is 0.188. The van der Waals surface area contributed by atoms with Gasteiger partial charge in [-0.2, -0.15) is 0 Å². The maximum atomic E-state index is 14.0. The number of aromatic nitrogens is 1. The first-order chi connectivity index (χ1) is 20.4. The number of rotatable bonds is 9. The van der Waals surface area contributed by atoms with E-state index in [1.54, 1.807) is 56.3 Å². The average Bonchev–Trinajstić information content (AvgIpc) is 3.31. The first kappa shape index (κ1) is 28.7. The van der Waals surface area contributed by atoms with Crippen LogP contribution in [0.5, 0.6) is 5.75 Å². The summed E-state index contributed by atoms with van der Waals surface area (Å²) < 4.78 is 31.8. The molecule has 3 aromatic carbocycles. The number of carbonyl (C=O) groups excluding carboxylic acids is 2. The normalized spacial score (nSPS) is 14.6. The molecule has 0 bridgehead atoms. The molecule has 0 aliphatic carbocycles. The monoisotopic (exact) mass is 586 g/mol. The van der Waals surface area contributed by atoms with Crippen LogP contribution < -0.4 is 19.6 Å². The lowest BCUT2D eigenvalue weighted by molar-refractivity contribution is -0.145. The molecule has 42 heavy (non-hydrogen) atoms. The Balaban J connectivity index is 1.72. The van der Waals surface area contributed by atoms with E-state index in [-0.39, 0.29) is 25.4 Å². The third-order valence-corrected chi connectivity index (χ3v) is 7.40. The number of carbonyl (C=O) groups is 2. The summed E-state index contributed by atoms with van der Waals surface area (Å²) in [5, 5.41) is 0. The fourth-order valence-electron chi connectivity index (χ4n) is 4.61. The van der Waals surface area contributed by atoms with Crippen LogP contribution in [0.3, 0.4) is 0 Å². The van der Waals surface area contributed by atoms with Crippen LogP contribution in [0.4, 0.5) is 4.39 Å². The number of thiazole rings is 1. The number of halogens is 1. The van der Waals surface area contributed by atoms with Gasteiger partial charge in [-0.1, -0.05) is 72.0 Å². The van der Waals surface area contributed by atoms with Gasteiger partial charge in [0.25, 0.3) is 5.56 Å². The Hall–Kier alpha value is -4.83. The van der Waals surface area contributed by atoms with Crippen molar-refractivity contribution < 1.29 is 28.2 Å². The van der Waals surface area contributed by atoms with Crippen molar-refractivity contribution in [1.82, 2.24) is 4.57 Å². The van der Waals surface area contributed by atoms with Crippen LogP contribution in [-0.4, -0.2) is 36.3 Å². The van der Waals surface area contributed by atoms with Crippen molar-refractivity contribution >= 4 is 35.0 Å². The van der Waals surface area contributed by atoms with E-state index in [2.05, 4.69) is 0 Å². The van der Waals surface area contributed by atoms with E-state index in [0.29, 0.717) is 37.5 Å². The lowest BCUT2D eigenvalue weighted by Gasteiger charge is -2.25. The summed E-state index contributed by atoms with van der Waals surface area (Å²) in [4.78, 5) is 44.5. The van der Waals surface area contributed by atoms with Crippen LogP contribution >= 0.6 is 11.3 Å². The van der Waals surface area contributed by atoms with Gasteiger partial charge in [-0.15, -0.1) is 0 Å². The quantitative estimate of drug-likeness (QED) is 0.275. The fourth-order valence-corrected chi connectivity index (χ4v) is 5.60. The van der Waals surface area contributed by atoms with Gasteiger partial charge in [-0.3, -0.25) is 9.36 Å². The average molecular weight is 587 g/mol. The molecule has 0 saturated carbocycles. The molecule has 10 heteroatoms. The zero-order chi connectivity index (χ0) is 29.6. The molecule has 4 aromatic rings. The van der Waals surface area contributed by atoms with Gasteiger partial charge in [0.05, 0.1) is 35.1 Å². The highest BCUT2D eigenvalue weighted by Gasteiger charge is 2.35.